The number of aromatic hydroxyl groups is 1. The molecule has 2 aromatic rings. The quantitative estimate of drug-likeness (QED) is 0.883. The van der Waals surface area contributed by atoms with Crippen LogP contribution in [-0.4, -0.2) is 14.3 Å². The lowest BCUT2D eigenvalue weighted by atomic mass is 10.3. The maximum Gasteiger partial charge on any atom is 0.116 e. The fraction of sp³-hybridized carbons (Fsp3) is 0.0833. The third kappa shape index (κ3) is 2.67. The summed E-state index contributed by atoms with van der Waals surface area (Å²) < 4.78 is 11.9. The summed E-state index contributed by atoms with van der Waals surface area (Å²) >= 11 is 0. The molecule has 0 spiro atoms. The van der Waals surface area contributed by atoms with Crippen LogP contribution in [0.4, 0.5) is 0 Å². The van der Waals surface area contributed by atoms with E-state index in [-0.39, 0.29) is 5.75 Å². The number of benzene rings is 1. The molecule has 0 aliphatic rings. The van der Waals surface area contributed by atoms with Crippen LogP contribution in [-0.2, 0) is 16.6 Å². The second-order valence-corrected chi connectivity index (χ2v) is 4.76. The summed E-state index contributed by atoms with van der Waals surface area (Å²) in [6.07, 6.45) is 1.68. The summed E-state index contributed by atoms with van der Waals surface area (Å²) in [5.41, 5.74) is 0.782. The highest BCUT2D eigenvalue weighted by Gasteiger charge is 2.06. The van der Waals surface area contributed by atoms with E-state index >= 15 is 0 Å². The molecule has 1 unspecified atom stereocenters. The number of aromatic nitrogens is 1. The molecule has 82 valence electrons. The molecule has 2 rings (SSSR count). The van der Waals surface area contributed by atoms with Gasteiger partial charge in [0.2, 0.25) is 0 Å². The first-order chi connectivity index (χ1) is 7.75. The molecule has 16 heavy (non-hydrogen) atoms. The minimum Gasteiger partial charge on any atom is -0.508 e. The number of nitrogens with zero attached hydrogens (tertiary/aromatic N) is 1. The first-order valence-corrected chi connectivity index (χ1v) is 6.15. The number of rotatable bonds is 3. The van der Waals surface area contributed by atoms with Crippen LogP contribution in [0.5, 0.6) is 5.75 Å². The molecule has 3 nitrogen and oxygen atoms in total. The number of hydrogen-bond acceptors (Lipinski definition) is 3. The van der Waals surface area contributed by atoms with Crippen LogP contribution in [0.15, 0.2) is 53.6 Å². The van der Waals surface area contributed by atoms with Gasteiger partial charge in [0, 0.05) is 11.1 Å². The summed E-state index contributed by atoms with van der Waals surface area (Å²) in [5.74, 6) is 0.497. The Morgan fingerprint density at radius 3 is 2.75 bits per heavy atom. The Morgan fingerprint density at radius 2 is 2.06 bits per heavy atom. The van der Waals surface area contributed by atoms with Gasteiger partial charge in [-0.15, -0.1) is 0 Å². The van der Waals surface area contributed by atoms with E-state index in [9.17, 15) is 9.32 Å². The lowest BCUT2D eigenvalue weighted by Crippen LogP contribution is -1.97. The third-order valence-electron chi connectivity index (χ3n) is 2.09. The highest BCUT2D eigenvalue weighted by atomic mass is 32.2. The zero-order valence-electron chi connectivity index (χ0n) is 8.54. The zero-order chi connectivity index (χ0) is 11.4. The van der Waals surface area contributed by atoms with Gasteiger partial charge in [-0.1, -0.05) is 12.1 Å². The van der Waals surface area contributed by atoms with Gasteiger partial charge in [0.1, 0.15) is 5.75 Å². The first-order valence-electron chi connectivity index (χ1n) is 4.83. The van der Waals surface area contributed by atoms with Crippen molar-refractivity contribution in [2.24, 2.45) is 0 Å². The summed E-state index contributed by atoms with van der Waals surface area (Å²) in [6, 6.07) is 12.0. The zero-order valence-corrected chi connectivity index (χ0v) is 9.35. The van der Waals surface area contributed by atoms with Crippen molar-refractivity contribution < 1.29 is 9.32 Å². The summed E-state index contributed by atoms with van der Waals surface area (Å²) in [7, 11) is -1.17. The molecule has 1 aromatic heterocycles. The fourth-order valence-electron chi connectivity index (χ4n) is 1.33. The van der Waals surface area contributed by atoms with Gasteiger partial charge >= 0.3 is 0 Å². The van der Waals surface area contributed by atoms with E-state index in [1.807, 2.05) is 18.2 Å². The van der Waals surface area contributed by atoms with Crippen LogP contribution in [0.3, 0.4) is 0 Å². The van der Waals surface area contributed by atoms with Crippen molar-refractivity contribution in [3.05, 3.63) is 54.4 Å². The maximum absolute atomic E-state index is 11.9. The smallest absolute Gasteiger partial charge is 0.116 e. The number of pyridine rings is 1. The SMILES string of the molecule is O=S(Cc1ccccn1)c1cccc(O)c1. The molecule has 0 amide bonds. The second kappa shape index (κ2) is 4.90. The van der Waals surface area contributed by atoms with Crippen molar-refractivity contribution in [3.63, 3.8) is 0 Å². The Balaban J connectivity index is 2.15. The average molecular weight is 233 g/mol. The van der Waals surface area contributed by atoms with Crippen molar-refractivity contribution in [2.45, 2.75) is 10.6 Å². The molecule has 0 aliphatic heterocycles. The van der Waals surface area contributed by atoms with E-state index in [1.165, 1.54) is 6.07 Å². The second-order valence-electron chi connectivity index (χ2n) is 3.31. The van der Waals surface area contributed by atoms with Crippen LogP contribution in [0.1, 0.15) is 5.69 Å². The predicted molar refractivity (Wildman–Crippen MR) is 62.5 cm³/mol. The van der Waals surface area contributed by atoms with Crippen LogP contribution in [0.25, 0.3) is 0 Å². The fourth-order valence-corrected chi connectivity index (χ4v) is 2.41. The Hall–Kier alpha value is -1.68. The highest BCUT2D eigenvalue weighted by molar-refractivity contribution is 7.84. The molecular formula is C12H11NO2S. The van der Waals surface area contributed by atoms with E-state index < -0.39 is 10.8 Å². The van der Waals surface area contributed by atoms with E-state index in [4.69, 9.17) is 0 Å². The van der Waals surface area contributed by atoms with Crippen LogP contribution >= 0.6 is 0 Å². The monoisotopic (exact) mass is 233 g/mol. The van der Waals surface area contributed by atoms with Gasteiger partial charge in [-0.2, -0.15) is 0 Å². The number of phenols is 1. The molecule has 0 bridgehead atoms. The molecule has 1 aromatic carbocycles. The van der Waals surface area contributed by atoms with Crippen LogP contribution < -0.4 is 0 Å². The van der Waals surface area contributed by atoms with E-state index in [0.29, 0.717) is 10.6 Å². The molecule has 0 aliphatic carbocycles. The first kappa shape index (κ1) is 10.8. The van der Waals surface area contributed by atoms with E-state index in [2.05, 4.69) is 4.98 Å². The predicted octanol–water partition coefficient (Wildman–Crippen LogP) is 2.09. The minimum atomic E-state index is -1.17. The van der Waals surface area contributed by atoms with Crippen molar-refractivity contribution >= 4 is 10.8 Å². The van der Waals surface area contributed by atoms with Crippen LogP contribution in [0.2, 0.25) is 0 Å². The maximum atomic E-state index is 11.9. The molecule has 1 N–H and O–H groups in total. The lowest BCUT2D eigenvalue weighted by molar-refractivity contribution is 0.473. The third-order valence-corrected chi connectivity index (χ3v) is 3.42. The van der Waals surface area contributed by atoms with Crippen molar-refractivity contribution in [2.75, 3.05) is 0 Å². The molecule has 0 saturated carbocycles. The Labute approximate surface area is 96.2 Å². The van der Waals surface area contributed by atoms with Gasteiger partial charge in [-0.3, -0.25) is 9.19 Å². The summed E-state index contributed by atoms with van der Waals surface area (Å²) in [4.78, 5) is 4.73. The molecule has 0 fully saturated rings. The van der Waals surface area contributed by atoms with Crippen molar-refractivity contribution in [1.29, 1.82) is 0 Å². The van der Waals surface area contributed by atoms with Crippen LogP contribution in [0, 0.1) is 0 Å². The molecule has 0 saturated heterocycles. The Morgan fingerprint density at radius 1 is 1.19 bits per heavy atom. The minimum absolute atomic E-state index is 0.131. The van der Waals surface area contributed by atoms with Gasteiger partial charge in [0.25, 0.3) is 0 Å². The molecule has 1 heterocycles. The van der Waals surface area contributed by atoms with Gasteiger partial charge in [0.15, 0.2) is 0 Å². The standard InChI is InChI=1S/C12H11NO2S/c14-11-5-3-6-12(8-11)16(15)9-10-4-1-2-7-13-10/h1-8,14H,9H2. The van der Waals surface area contributed by atoms with Crippen molar-refractivity contribution in [1.82, 2.24) is 4.98 Å². The lowest BCUT2D eigenvalue weighted by Gasteiger charge is -2.02. The molecular weight excluding hydrogens is 222 g/mol. The normalized spacial score (nSPS) is 12.2. The van der Waals surface area contributed by atoms with E-state index in [0.717, 1.165) is 5.69 Å². The highest BCUT2D eigenvalue weighted by Crippen LogP contribution is 2.16. The van der Waals surface area contributed by atoms with E-state index in [1.54, 1.807) is 24.4 Å². The topological polar surface area (TPSA) is 50.2 Å². The molecule has 4 heteroatoms. The van der Waals surface area contributed by atoms with Gasteiger partial charge < -0.3 is 5.11 Å². The molecule has 1 atom stereocenters. The summed E-state index contributed by atoms with van der Waals surface area (Å²) in [5, 5.41) is 9.28. The van der Waals surface area contributed by atoms with Gasteiger partial charge in [0.05, 0.1) is 22.2 Å². The number of phenolic OH excluding ortho intramolecular Hbond substituents is 1. The van der Waals surface area contributed by atoms with Crippen molar-refractivity contribution in [3.8, 4) is 5.75 Å². The number of hydrogen-bond donors (Lipinski definition) is 1. The van der Waals surface area contributed by atoms with Gasteiger partial charge in [-0.05, 0) is 30.3 Å². The summed E-state index contributed by atoms with van der Waals surface area (Å²) in [6.45, 7) is 0. The van der Waals surface area contributed by atoms with Gasteiger partial charge in [-0.25, -0.2) is 0 Å². The Bertz CT molecular complexity index is 499. The largest absolute Gasteiger partial charge is 0.508 e. The average Bonchev–Trinajstić information content (AvgIpc) is 2.30. The Kier molecular flexibility index (Phi) is 3.31. The molecule has 0 radical (unpaired) electrons.